The van der Waals surface area contributed by atoms with Gasteiger partial charge in [0, 0.05) is 25.6 Å². The summed E-state index contributed by atoms with van der Waals surface area (Å²) in [5, 5.41) is 5.16. The molecule has 0 spiro atoms. The highest BCUT2D eigenvalue weighted by Crippen LogP contribution is 2.35. The molecule has 3 aromatic rings. The van der Waals surface area contributed by atoms with Crippen LogP contribution in [0.5, 0.6) is 0 Å². The number of fused-ring (bicyclic) bond motifs is 1. The number of rotatable bonds is 5. The van der Waals surface area contributed by atoms with Gasteiger partial charge in [-0.1, -0.05) is 56.5 Å². The number of nitrogens with one attached hydrogen (secondary N) is 1. The molecule has 3 heterocycles. The smallest absolute Gasteiger partial charge is 0.262 e. The summed E-state index contributed by atoms with van der Waals surface area (Å²) in [4.78, 5) is 23.4. The number of benzene rings is 1. The number of likely N-dealkylation sites (tertiary alicyclic amines) is 1. The highest BCUT2D eigenvalue weighted by Gasteiger charge is 2.35. The third-order valence-electron chi connectivity index (χ3n) is 6.79. The van der Waals surface area contributed by atoms with Crippen LogP contribution in [0.3, 0.4) is 0 Å². The van der Waals surface area contributed by atoms with Gasteiger partial charge in [0.25, 0.3) is 5.56 Å². The van der Waals surface area contributed by atoms with Crippen molar-refractivity contribution in [2.24, 2.45) is 5.92 Å². The van der Waals surface area contributed by atoms with Crippen molar-refractivity contribution in [3.8, 4) is 0 Å². The summed E-state index contributed by atoms with van der Waals surface area (Å²) in [6.45, 7) is 5.16. The van der Waals surface area contributed by atoms with Gasteiger partial charge in [0.15, 0.2) is 5.65 Å². The molecule has 0 bridgehead atoms. The summed E-state index contributed by atoms with van der Waals surface area (Å²) < 4.78 is 2.01. The number of aromatic nitrogens is 4. The lowest BCUT2D eigenvalue weighted by Gasteiger charge is -2.17. The third-order valence-corrected chi connectivity index (χ3v) is 6.79. The Morgan fingerprint density at radius 3 is 2.69 bits per heavy atom. The Hall–Kier alpha value is -2.47. The number of hydrogen-bond acceptors (Lipinski definition) is 4. The van der Waals surface area contributed by atoms with Gasteiger partial charge in [0.2, 0.25) is 0 Å². The van der Waals surface area contributed by atoms with E-state index in [0.29, 0.717) is 17.3 Å². The summed E-state index contributed by atoms with van der Waals surface area (Å²) in [6, 6.07) is 11.0. The maximum absolute atomic E-state index is 12.8. The van der Waals surface area contributed by atoms with Crippen LogP contribution in [0.15, 0.2) is 41.3 Å². The molecule has 1 aliphatic heterocycles. The SMILES string of the molecule is CC[C@@H]1CN(Cc2ccccc2)C[C@H]1c1nc2c(cnn2C2CCCC2)c(=O)[nH]1. The topological polar surface area (TPSA) is 66.8 Å². The van der Waals surface area contributed by atoms with E-state index < -0.39 is 0 Å². The van der Waals surface area contributed by atoms with E-state index in [-0.39, 0.29) is 11.5 Å². The van der Waals surface area contributed by atoms with Crippen LogP contribution < -0.4 is 5.56 Å². The normalized spacial score (nSPS) is 23.3. The Balaban J connectivity index is 1.45. The molecule has 0 unspecified atom stereocenters. The van der Waals surface area contributed by atoms with Gasteiger partial charge in [0.05, 0.1) is 12.2 Å². The molecule has 2 aliphatic rings. The van der Waals surface area contributed by atoms with Gasteiger partial charge in [-0.05, 0) is 24.3 Å². The van der Waals surface area contributed by atoms with Gasteiger partial charge in [-0.2, -0.15) is 5.10 Å². The Labute approximate surface area is 171 Å². The van der Waals surface area contributed by atoms with E-state index in [1.54, 1.807) is 6.20 Å². The minimum Gasteiger partial charge on any atom is -0.310 e. The Morgan fingerprint density at radius 2 is 1.93 bits per heavy atom. The lowest BCUT2D eigenvalue weighted by Crippen LogP contribution is -2.21. The monoisotopic (exact) mass is 391 g/mol. The van der Waals surface area contributed by atoms with E-state index in [9.17, 15) is 4.79 Å². The van der Waals surface area contributed by atoms with E-state index >= 15 is 0 Å². The predicted octanol–water partition coefficient (Wildman–Crippen LogP) is 3.86. The molecule has 6 heteroatoms. The van der Waals surface area contributed by atoms with Crippen LogP contribution in [0.4, 0.5) is 0 Å². The predicted molar refractivity (Wildman–Crippen MR) is 114 cm³/mol. The molecule has 1 N–H and O–H groups in total. The first-order valence-electron chi connectivity index (χ1n) is 11.0. The van der Waals surface area contributed by atoms with Crippen molar-refractivity contribution in [1.82, 2.24) is 24.6 Å². The van der Waals surface area contributed by atoms with E-state index in [1.165, 1.54) is 18.4 Å². The van der Waals surface area contributed by atoms with Gasteiger partial charge < -0.3 is 4.98 Å². The van der Waals surface area contributed by atoms with Gasteiger partial charge in [-0.3, -0.25) is 9.69 Å². The van der Waals surface area contributed by atoms with Crippen molar-refractivity contribution in [3.05, 3.63) is 58.3 Å². The number of H-pyrrole nitrogens is 1. The molecule has 5 rings (SSSR count). The maximum Gasteiger partial charge on any atom is 0.262 e. The average Bonchev–Trinajstić information content (AvgIpc) is 3.47. The van der Waals surface area contributed by atoms with E-state index in [2.05, 4.69) is 52.2 Å². The van der Waals surface area contributed by atoms with Crippen LogP contribution in [0.1, 0.15) is 62.4 Å². The van der Waals surface area contributed by atoms with Gasteiger partial charge in [0.1, 0.15) is 11.2 Å². The van der Waals surface area contributed by atoms with Gasteiger partial charge in [-0.15, -0.1) is 0 Å². The van der Waals surface area contributed by atoms with Crippen LogP contribution in [0.2, 0.25) is 0 Å². The summed E-state index contributed by atoms with van der Waals surface area (Å²) in [5.74, 6) is 1.60. The highest BCUT2D eigenvalue weighted by atomic mass is 16.1. The molecule has 0 amide bonds. The number of nitrogens with zero attached hydrogens (tertiary/aromatic N) is 4. The molecule has 152 valence electrons. The summed E-state index contributed by atoms with van der Waals surface area (Å²) >= 11 is 0. The Morgan fingerprint density at radius 1 is 1.14 bits per heavy atom. The van der Waals surface area contributed by atoms with Crippen LogP contribution in [-0.4, -0.2) is 37.7 Å². The average molecular weight is 392 g/mol. The molecule has 1 aliphatic carbocycles. The van der Waals surface area contributed by atoms with Crippen LogP contribution >= 0.6 is 0 Å². The molecule has 2 fully saturated rings. The maximum atomic E-state index is 12.8. The fraction of sp³-hybridized carbons (Fsp3) is 0.522. The fourth-order valence-electron chi connectivity index (χ4n) is 5.20. The van der Waals surface area contributed by atoms with E-state index in [0.717, 1.165) is 50.4 Å². The van der Waals surface area contributed by atoms with Crippen molar-refractivity contribution < 1.29 is 0 Å². The first-order valence-corrected chi connectivity index (χ1v) is 11.0. The number of aromatic amines is 1. The van der Waals surface area contributed by atoms with Gasteiger partial charge >= 0.3 is 0 Å². The second-order valence-electron chi connectivity index (χ2n) is 8.67. The van der Waals surface area contributed by atoms with Crippen molar-refractivity contribution in [2.75, 3.05) is 13.1 Å². The molecular formula is C23H29N5O. The molecule has 2 aromatic heterocycles. The molecule has 2 atom stereocenters. The zero-order valence-corrected chi connectivity index (χ0v) is 17.1. The quantitative estimate of drug-likeness (QED) is 0.717. The molecule has 1 saturated heterocycles. The lowest BCUT2D eigenvalue weighted by molar-refractivity contribution is 0.314. The van der Waals surface area contributed by atoms with Crippen molar-refractivity contribution in [2.45, 2.75) is 57.5 Å². The van der Waals surface area contributed by atoms with Crippen LogP contribution in [0.25, 0.3) is 11.0 Å². The van der Waals surface area contributed by atoms with E-state index in [1.807, 2.05) is 4.68 Å². The lowest BCUT2D eigenvalue weighted by atomic mass is 9.93. The summed E-state index contributed by atoms with van der Waals surface area (Å²) in [7, 11) is 0. The molecule has 29 heavy (non-hydrogen) atoms. The second-order valence-corrected chi connectivity index (χ2v) is 8.67. The Bertz CT molecular complexity index is 1030. The van der Waals surface area contributed by atoms with Crippen molar-refractivity contribution in [3.63, 3.8) is 0 Å². The fourth-order valence-corrected chi connectivity index (χ4v) is 5.20. The molecule has 1 saturated carbocycles. The van der Waals surface area contributed by atoms with Crippen LogP contribution in [-0.2, 0) is 6.54 Å². The molecule has 0 radical (unpaired) electrons. The molecule has 6 nitrogen and oxygen atoms in total. The van der Waals surface area contributed by atoms with Crippen molar-refractivity contribution in [1.29, 1.82) is 0 Å². The third kappa shape index (κ3) is 3.50. The highest BCUT2D eigenvalue weighted by molar-refractivity contribution is 5.73. The van der Waals surface area contributed by atoms with E-state index in [4.69, 9.17) is 4.98 Å². The van der Waals surface area contributed by atoms with Crippen molar-refractivity contribution >= 4 is 11.0 Å². The van der Waals surface area contributed by atoms with Gasteiger partial charge in [-0.25, -0.2) is 9.67 Å². The first kappa shape index (κ1) is 18.6. The molecule has 1 aromatic carbocycles. The minimum absolute atomic E-state index is 0.0504. The largest absolute Gasteiger partial charge is 0.310 e. The zero-order chi connectivity index (χ0) is 19.8. The standard InChI is InChI=1S/C23H29N5O/c1-2-17-14-27(13-16-8-4-3-5-9-16)15-20(17)21-25-22-19(23(29)26-21)12-24-28(22)18-10-6-7-11-18/h3-5,8-9,12,17-18,20H,2,6-7,10-11,13-15H2,1H3,(H,25,26,29)/t17-,20-/m1/s1. The zero-order valence-electron chi connectivity index (χ0n) is 17.1. The number of hydrogen-bond donors (Lipinski definition) is 1. The van der Waals surface area contributed by atoms with Crippen LogP contribution in [0, 0.1) is 5.92 Å². The first-order chi connectivity index (χ1) is 14.2. The molecular weight excluding hydrogens is 362 g/mol. The minimum atomic E-state index is -0.0504. The Kier molecular flexibility index (Phi) is 4.96. The second kappa shape index (κ2) is 7.75. The summed E-state index contributed by atoms with van der Waals surface area (Å²) in [5.41, 5.74) is 2.05. The summed E-state index contributed by atoms with van der Waals surface area (Å²) in [6.07, 6.45) is 7.50.